The Morgan fingerprint density at radius 1 is 1.32 bits per heavy atom. The minimum atomic E-state index is -4.60. The molecule has 1 unspecified atom stereocenters. The van der Waals surface area contributed by atoms with Crippen LogP contribution in [0.4, 0.5) is 18.9 Å². The number of hydrogen-bond acceptors (Lipinski definition) is 3. The van der Waals surface area contributed by atoms with Gasteiger partial charge in [0.25, 0.3) is 0 Å². The highest BCUT2D eigenvalue weighted by Crippen LogP contribution is 2.39. The SMILES string of the molecule is O=C1CC(Nc2c(Cl)cccc2C(F)(F)F)C(=O)N1. The van der Waals surface area contributed by atoms with Crippen LogP contribution in [0.2, 0.25) is 5.02 Å². The Labute approximate surface area is 110 Å². The molecule has 102 valence electrons. The largest absolute Gasteiger partial charge is 0.418 e. The Hall–Kier alpha value is -1.76. The van der Waals surface area contributed by atoms with E-state index in [0.717, 1.165) is 12.1 Å². The van der Waals surface area contributed by atoms with Gasteiger partial charge in [-0.1, -0.05) is 17.7 Å². The molecule has 1 fully saturated rings. The molecule has 2 amide bonds. The number of carbonyl (C=O) groups is 2. The van der Waals surface area contributed by atoms with Crippen molar-refractivity contribution in [3.63, 3.8) is 0 Å². The van der Waals surface area contributed by atoms with Gasteiger partial charge in [-0.25, -0.2) is 0 Å². The van der Waals surface area contributed by atoms with Gasteiger partial charge in [0.15, 0.2) is 0 Å². The minimum Gasteiger partial charge on any atom is -0.372 e. The third kappa shape index (κ3) is 2.81. The number of amides is 2. The van der Waals surface area contributed by atoms with Crippen molar-refractivity contribution in [1.82, 2.24) is 5.32 Å². The number of nitrogens with one attached hydrogen (secondary N) is 2. The van der Waals surface area contributed by atoms with Gasteiger partial charge in [0.05, 0.1) is 22.7 Å². The molecule has 1 heterocycles. The third-order valence-corrected chi connectivity index (χ3v) is 2.92. The lowest BCUT2D eigenvalue weighted by molar-refractivity contribution is -0.137. The molecule has 1 aliphatic heterocycles. The number of carbonyl (C=O) groups excluding carboxylic acids is 2. The van der Waals surface area contributed by atoms with Gasteiger partial charge in [-0.3, -0.25) is 14.9 Å². The molecule has 2 N–H and O–H groups in total. The topological polar surface area (TPSA) is 58.2 Å². The summed E-state index contributed by atoms with van der Waals surface area (Å²) in [6.07, 6.45) is -4.83. The van der Waals surface area contributed by atoms with Crippen LogP contribution in [0.25, 0.3) is 0 Å². The summed E-state index contributed by atoms with van der Waals surface area (Å²) in [5.74, 6) is -1.21. The smallest absolute Gasteiger partial charge is 0.372 e. The summed E-state index contributed by atoms with van der Waals surface area (Å²) in [4.78, 5) is 22.3. The van der Waals surface area contributed by atoms with Crippen molar-refractivity contribution in [1.29, 1.82) is 0 Å². The molecule has 0 aromatic heterocycles. The Morgan fingerprint density at radius 3 is 2.53 bits per heavy atom. The molecular weight excluding hydrogens is 285 g/mol. The van der Waals surface area contributed by atoms with Crippen LogP contribution in [0.3, 0.4) is 0 Å². The lowest BCUT2D eigenvalue weighted by atomic mass is 10.1. The summed E-state index contributed by atoms with van der Waals surface area (Å²) in [6.45, 7) is 0. The van der Waals surface area contributed by atoms with E-state index in [-0.39, 0.29) is 11.4 Å². The standard InChI is InChI=1S/C11H8ClF3N2O2/c12-6-3-1-2-5(11(13,14)15)9(6)16-7-4-8(18)17-10(7)19/h1-3,7,16H,4H2,(H,17,18,19). The number of imide groups is 1. The van der Waals surface area contributed by atoms with Gasteiger partial charge < -0.3 is 5.32 Å². The summed E-state index contributed by atoms with van der Waals surface area (Å²) in [7, 11) is 0. The van der Waals surface area contributed by atoms with E-state index in [9.17, 15) is 22.8 Å². The van der Waals surface area contributed by atoms with E-state index in [1.54, 1.807) is 0 Å². The normalized spacial score (nSPS) is 19.5. The quantitative estimate of drug-likeness (QED) is 0.822. The molecule has 4 nitrogen and oxygen atoms in total. The molecule has 1 aromatic carbocycles. The van der Waals surface area contributed by atoms with Crippen LogP contribution in [0, 0.1) is 0 Å². The van der Waals surface area contributed by atoms with Gasteiger partial charge in [-0.2, -0.15) is 13.2 Å². The zero-order valence-corrected chi connectivity index (χ0v) is 10.1. The first-order valence-corrected chi connectivity index (χ1v) is 5.63. The molecule has 0 saturated carbocycles. The molecule has 0 spiro atoms. The average molecular weight is 293 g/mol. The molecule has 0 bridgehead atoms. The third-order valence-electron chi connectivity index (χ3n) is 2.61. The number of halogens is 4. The number of rotatable bonds is 2. The van der Waals surface area contributed by atoms with Gasteiger partial charge in [-0.05, 0) is 12.1 Å². The van der Waals surface area contributed by atoms with Crippen LogP contribution in [-0.2, 0) is 15.8 Å². The summed E-state index contributed by atoms with van der Waals surface area (Å²) in [5.41, 5.74) is -1.38. The van der Waals surface area contributed by atoms with Gasteiger partial charge in [0.1, 0.15) is 6.04 Å². The molecule has 8 heteroatoms. The summed E-state index contributed by atoms with van der Waals surface area (Å²) >= 11 is 5.72. The van der Waals surface area contributed by atoms with E-state index in [4.69, 9.17) is 11.6 Å². The maximum Gasteiger partial charge on any atom is 0.418 e. The van der Waals surface area contributed by atoms with E-state index in [1.807, 2.05) is 5.32 Å². The Bertz CT molecular complexity index is 545. The van der Waals surface area contributed by atoms with Crippen LogP contribution in [-0.4, -0.2) is 17.9 Å². The molecule has 0 radical (unpaired) electrons. The maximum atomic E-state index is 12.8. The maximum absolute atomic E-state index is 12.8. The molecular formula is C11H8ClF3N2O2. The highest BCUT2D eigenvalue weighted by atomic mass is 35.5. The zero-order chi connectivity index (χ0) is 14.2. The number of benzene rings is 1. The van der Waals surface area contributed by atoms with Gasteiger partial charge in [-0.15, -0.1) is 0 Å². The van der Waals surface area contributed by atoms with E-state index in [2.05, 4.69) is 5.32 Å². The number of anilines is 1. The predicted octanol–water partition coefficient (Wildman–Crippen LogP) is 2.19. The van der Waals surface area contributed by atoms with E-state index in [1.165, 1.54) is 6.07 Å². The second-order valence-corrected chi connectivity index (χ2v) is 4.38. The number of para-hydroxylation sites is 1. The Balaban J connectivity index is 2.35. The Kier molecular flexibility index (Phi) is 3.40. The van der Waals surface area contributed by atoms with Crippen molar-refractivity contribution < 1.29 is 22.8 Å². The first-order valence-electron chi connectivity index (χ1n) is 5.25. The van der Waals surface area contributed by atoms with Crippen molar-refractivity contribution in [2.24, 2.45) is 0 Å². The first kappa shape index (κ1) is 13.7. The zero-order valence-electron chi connectivity index (χ0n) is 9.34. The summed E-state index contributed by atoms with van der Waals surface area (Å²) < 4.78 is 38.4. The molecule has 1 saturated heterocycles. The van der Waals surface area contributed by atoms with Crippen molar-refractivity contribution in [3.8, 4) is 0 Å². The number of hydrogen-bond donors (Lipinski definition) is 2. The summed E-state index contributed by atoms with van der Waals surface area (Å²) in [5, 5.41) is 4.21. The highest BCUT2D eigenvalue weighted by Gasteiger charge is 2.37. The molecule has 1 aromatic rings. The molecule has 1 atom stereocenters. The molecule has 0 aliphatic carbocycles. The second-order valence-electron chi connectivity index (χ2n) is 3.97. The van der Waals surface area contributed by atoms with Crippen LogP contribution < -0.4 is 10.6 Å². The van der Waals surface area contributed by atoms with Crippen molar-refractivity contribution >= 4 is 29.1 Å². The van der Waals surface area contributed by atoms with Gasteiger partial charge in [0.2, 0.25) is 11.8 Å². The van der Waals surface area contributed by atoms with Gasteiger partial charge >= 0.3 is 6.18 Å². The lowest BCUT2D eigenvalue weighted by Crippen LogP contribution is -2.31. The molecule has 19 heavy (non-hydrogen) atoms. The lowest BCUT2D eigenvalue weighted by Gasteiger charge is -2.18. The Morgan fingerprint density at radius 2 is 2.00 bits per heavy atom. The molecule has 1 aliphatic rings. The minimum absolute atomic E-state index is 0.165. The monoisotopic (exact) mass is 292 g/mol. The van der Waals surface area contributed by atoms with Crippen LogP contribution in [0.1, 0.15) is 12.0 Å². The fourth-order valence-electron chi connectivity index (χ4n) is 1.75. The summed E-state index contributed by atoms with van der Waals surface area (Å²) in [6, 6.07) is 2.24. The van der Waals surface area contributed by atoms with Crippen molar-refractivity contribution in [2.75, 3.05) is 5.32 Å². The molecule has 2 rings (SSSR count). The van der Waals surface area contributed by atoms with E-state index >= 15 is 0 Å². The first-order chi connectivity index (χ1) is 8.79. The van der Waals surface area contributed by atoms with Crippen LogP contribution in [0.5, 0.6) is 0 Å². The van der Waals surface area contributed by atoms with Gasteiger partial charge in [0, 0.05) is 0 Å². The fraction of sp³-hybridized carbons (Fsp3) is 0.273. The van der Waals surface area contributed by atoms with Crippen molar-refractivity contribution in [3.05, 3.63) is 28.8 Å². The van der Waals surface area contributed by atoms with E-state index in [0.29, 0.717) is 0 Å². The highest BCUT2D eigenvalue weighted by molar-refractivity contribution is 6.33. The van der Waals surface area contributed by atoms with Crippen molar-refractivity contribution in [2.45, 2.75) is 18.6 Å². The average Bonchev–Trinajstić information content (AvgIpc) is 2.59. The van der Waals surface area contributed by atoms with Crippen LogP contribution in [0.15, 0.2) is 18.2 Å². The van der Waals surface area contributed by atoms with Crippen LogP contribution >= 0.6 is 11.6 Å². The predicted molar refractivity (Wildman–Crippen MR) is 61.6 cm³/mol. The van der Waals surface area contributed by atoms with E-state index < -0.39 is 35.3 Å². The fourth-order valence-corrected chi connectivity index (χ4v) is 1.98. The number of alkyl halides is 3. The second kappa shape index (κ2) is 4.73.